The van der Waals surface area contributed by atoms with Gasteiger partial charge in [-0.1, -0.05) is 43.7 Å². The van der Waals surface area contributed by atoms with Crippen molar-refractivity contribution < 1.29 is 26.7 Å². The Morgan fingerprint density at radius 1 is 0.857 bits per heavy atom. The van der Waals surface area contributed by atoms with Gasteiger partial charge in [0, 0.05) is 23.1 Å². The summed E-state index contributed by atoms with van der Waals surface area (Å²) in [6, 6.07) is 11.1. The summed E-state index contributed by atoms with van der Waals surface area (Å²) in [6.45, 7) is 1.99. The molecule has 0 aromatic heterocycles. The summed E-state index contributed by atoms with van der Waals surface area (Å²) in [7, 11) is 0. The number of benzene rings is 2. The molecule has 0 saturated heterocycles. The lowest BCUT2D eigenvalue weighted by Crippen LogP contribution is -2.16. The van der Waals surface area contributed by atoms with Crippen LogP contribution in [-0.2, 0) is 0 Å². The second-order valence-electron chi connectivity index (χ2n) is 6.08. The van der Waals surface area contributed by atoms with Gasteiger partial charge in [-0.15, -0.1) is 13.2 Å². The second-order valence-corrected chi connectivity index (χ2v) is 6.08. The predicted molar refractivity (Wildman–Crippen MR) is 98.8 cm³/mol. The number of alkyl halides is 3. The van der Waals surface area contributed by atoms with Crippen molar-refractivity contribution in [3.05, 3.63) is 71.0 Å². The van der Waals surface area contributed by atoms with E-state index in [9.17, 15) is 22.0 Å². The first kappa shape index (κ1) is 21.5. The molecule has 2 aromatic rings. The van der Waals surface area contributed by atoms with Gasteiger partial charge in [-0.3, -0.25) is 0 Å². The van der Waals surface area contributed by atoms with Gasteiger partial charge < -0.3 is 4.74 Å². The molecule has 0 aliphatic heterocycles. The lowest BCUT2D eigenvalue weighted by atomic mass is 10.1. The maximum atomic E-state index is 14.1. The summed E-state index contributed by atoms with van der Waals surface area (Å²) >= 11 is 0. The molecule has 0 amide bonds. The Morgan fingerprint density at radius 2 is 1.39 bits per heavy atom. The molecule has 0 heterocycles. The number of hydrogen-bond donors (Lipinski definition) is 0. The summed E-state index contributed by atoms with van der Waals surface area (Å²) in [5.41, 5.74) is 1.21. The van der Waals surface area contributed by atoms with Crippen molar-refractivity contribution in [1.82, 2.24) is 0 Å². The number of rotatable bonds is 6. The summed E-state index contributed by atoms with van der Waals surface area (Å²) in [6.07, 6.45) is -2.28. The third kappa shape index (κ3) is 7.07. The zero-order chi connectivity index (χ0) is 20.6. The Balaban J connectivity index is 2.04. The number of unbranched alkanes of at least 4 members (excludes halogenated alkanes) is 2. The quantitative estimate of drug-likeness (QED) is 0.287. The normalized spacial score (nSPS) is 12.1. The molecule has 6 heteroatoms. The summed E-state index contributed by atoms with van der Waals surface area (Å²) in [5.74, 6) is 3.66. The van der Waals surface area contributed by atoms with Crippen LogP contribution in [0.3, 0.4) is 0 Å². The van der Waals surface area contributed by atoms with Crippen molar-refractivity contribution in [2.24, 2.45) is 0 Å². The van der Waals surface area contributed by atoms with Crippen LogP contribution < -0.4 is 4.74 Å². The summed E-state index contributed by atoms with van der Waals surface area (Å²) in [5, 5.41) is 0. The first-order valence-corrected chi connectivity index (χ1v) is 8.81. The van der Waals surface area contributed by atoms with E-state index in [0.29, 0.717) is 17.5 Å². The van der Waals surface area contributed by atoms with Crippen LogP contribution in [0.25, 0.3) is 5.83 Å². The Labute approximate surface area is 160 Å². The molecular weight excluding hydrogens is 375 g/mol. The number of halogens is 5. The Hall–Kier alpha value is -2.81. The van der Waals surface area contributed by atoms with Crippen LogP contribution in [0.2, 0.25) is 0 Å². The van der Waals surface area contributed by atoms with Crippen LogP contribution in [0, 0.1) is 11.8 Å². The first-order chi connectivity index (χ1) is 13.3. The number of allylic oxidation sites excluding steroid dienone is 1. The monoisotopic (exact) mass is 394 g/mol. The Kier molecular flexibility index (Phi) is 7.62. The molecule has 0 N–H and O–H groups in total. The number of ether oxygens (including phenoxy) is 1. The summed E-state index contributed by atoms with van der Waals surface area (Å²) < 4.78 is 68.0. The average molecular weight is 394 g/mol. The van der Waals surface area contributed by atoms with Crippen molar-refractivity contribution in [1.29, 1.82) is 0 Å². The maximum absolute atomic E-state index is 14.1. The highest BCUT2D eigenvalue weighted by atomic mass is 19.4. The van der Waals surface area contributed by atoms with E-state index in [2.05, 4.69) is 16.6 Å². The second kappa shape index (κ2) is 9.93. The predicted octanol–water partition coefficient (Wildman–Crippen LogP) is 7.17. The van der Waals surface area contributed by atoms with Crippen molar-refractivity contribution >= 4 is 5.83 Å². The molecule has 0 spiro atoms. The van der Waals surface area contributed by atoms with E-state index >= 15 is 0 Å². The minimum absolute atomic E-state index is 0.0786. The van der Waals surface area contributed by atoms with Gasteiger partial charge in [-0.25, -0.2) is 8.78 Å². The van der Waals surface area contributed by atoms with Gasteiger partial charge in [0.2, 0.25) is 0 Å². The van der Waals surface area contributed by atoms with Crippen LogP contribution in [0.4, 0.5) is 22.0 Å². The minimum atomic E-state index is -4.74. The van der Waals surface area contributed by atoms with Crippen LogP contribution in [-0.4, -0.2) is 6.36 Å². The average Bonchev–Trinajstić information content (AvgIpc) is 2.66. The molecule has 28 heavy (non-hydrogen) atoms. The standard InChI is InChI=1S/C22H19F5O/c1-2-3-4-5-20(23)21(24)18-12-8-16(9-13-18)6-7-17-10-14-19(15-11-17)28-22(25,26)27/h8-15H,2-5H2,1H3/b21-20-. The van der Waals surface area contributed by atoms with Gasteiger partial charge in [0.1, 0.15) is 11.6 Å². The molecule has 0 fully saturated rings. The fourth-order valence-electron chi connectivity index (χ4n) is 2.38. The van der Waals surface area contributed by atoms with E-state index in [1.165, 1.54) is 36.4 Å². The van der Waals surface area contributed by atoms with Crippen LogP contribution in [0.15, 0.2) is 54.4 Å². The third-order valence-electron chi connectivity index (χ3n) is 3.82. The van der Waals surface area contributed by atoms with E-state index < -0.39 is 18.0 Å². The van der Waals surface area contributed by atoms with E-state index in [-0.39, 0.29) is 17.7 Å². The lowest BCUT2D eigenvalue weighted by molar-refractivity contribution is -0.274. The molecule has 0 aliphatic carbocycles. The fourth-order valence-corrected chi connectivity index (χ4v) is 2.38. The van der Waals surface area contributed by atoms with Gasteiger partial charge in [0.05, 0.1) is 0 Å². The van der Waals surface area contributed by atoms with E-state index in [1.54, 1.807) is 12.1 Å². The lowest BCUT2D eigenvalue weighted by Gasteiger charge is -2.07. The van der Waals surface area contributed by atoms with Gasteiger partial charge in [-0.2, -0.15) is 0 Å². The topological polar surface area (TPSA) is 9.23 Å². The first-order valence-electron chi connectivity index (χ1n) is 8.81. The molecule has 0 atom stereocenters. The highest BCUT2D eigenvalue weighted by Gasteiger charge is 2.30. The van der Waals surface area contributed by atoms with E-state index in [0.717, 1.165) is 12.8 Å². The van der Waals surface area contributed by atoms with E-state index in [4.69, 9.17) is 0 Å². The SMILES string of the molecule is CCCCC/C(F)=C(/F)c1ccc(C#Cc2ccc(OC(F)(F)F)cc2)cc1. The van der Waals surface area contributed by atoms with Crippen LogP contribution in [0.1, 0.15) is 49.3 Å². The maximum Gasteiger partial charge on any atom is 0.573 e. The molecular formula is C22H19F5O. The molecule has 0 radical (unpaired) electrons. The molecule has 0 unspecified atom stereocenters. The molecule has 0 saturated carbocycles. The van der Waals surface area contributed by atoms with Crippen LogP contribution >= 0.6 is 0 Å². The highest BCUT2D eigenvalue weighted by Crippen LogP contribution is 2.25. The summed E-state index contributed by atoms with van der Waals surface area (Å²) in [4.78, 5) is 0. The molecule has 1 nitrogen and oxygen atoms in total. The highest BCUT2D eigenvalue weighted by molar-refractivity contribution is 5.62. The van der Waals surface area contributed by atoms with Crippen molar-refractivity contribution in [3.63, 3.8) is 0 Å². The smallest absolute Gasteiger partial charge is 0.406 e. The van der Waals surface area contributed by atoms with Gasteiger partial charge in [-0.05, 0) is 42.8 Å². The molecule has 0 aliphatic rings. The minimum Gasteiger partial charge on any atom is -0.406 e. The van der Waals surface area contributed by atoms with Gasteiger partial charge >= 0.3 is 6.36 Å². The van der Waals surface area contributed by atoms with Gasteiger partial charge in [0.25, 0.3) is 0 Å². The molecule has 2 aromatic carbocycles. The van der Waals surface area contributed by atoms with E-state index in [1.807, 2.05) is 6.92 Å². The number of hydrogen-bond acceptors (Lipinski definition) is 1. The van der Waals surface area contributed by atoms with Crippen LogP contribution in [0.5, 0.6) is 5.75 Å². The Morgan fingerprint density at radius 3 is 1.89 bits per heavy atom. The molecule has 148 valence electrons. The fraction of sp³-hybridized carbons (Fsp3) is 0.273. The zero-order valence-electron chi connectivity index (χ0n) is 15.2. The molecule has 2 rings (SSSR count). The molecule has 0 bridgehead atoms. The Bertz CT molecular complexity index is 853. The zero-order valence-corrected chi connectivity index (χ0v) is 15.2. The third-order valence-corrected chi connectivity index (χ3v) is 3.82. The largest absolute Gasteiger partial charge is 0.573 e. The van der Waals surface area contributed by atoms with Gasteiger partial charge in [0.15, 0.2) is 5.83 Å². The van der Waals surface area contributed by atoms with Crippen molar-refractivity contribution in [3.8, 4) is 17.6 Å². The van der Waals surface area contributed by atoms with Crippen molar-refractivity contribution in [2.75, 3.05) is 0 Å². The van der Waals surface area contributed by atoms with Crippen molar-refractivity contribution in [2.45, 2.75) is 39.0 Å².